The van der Waals surface area contributed by atoms with E-state index in [4.69, 9.17) is 10.2 Å². The van der Waals surface area contributed by atoms with Gasteiger partial charge in [0.1, 0.15) is 11.3 Å². The van der Waals surface area contributed by atoms with E-state index in [1.807, 2.05) is 37.3 Å². The van der Waals surface area contributed by atoms with Gasteiger partial charge in [0.05, 0.1) is 11.6 Å². The van der Waals surface area contributed by atoms with Crippen LogP contribution in [0.1, 0.15) is 31.6 Å². The van der Waals surface area contributed by atoms with E-state index in [-0.39, 0.29) is 11.9 Å². The Bertz CT molecular complexity index is 595. The molecule has 0 spiro atoms. The van der Waals surface area contributed by atoms with E-state index in [0.29, 0.717) is 0 Å². The molecule has 4 heteroatoms. The third-order valence-corrected chi connectivity index (χ3v) is 3.97. The maximum atomic E-state index is 12.2. The first-order valence-corrected chi connectivity index (χ1v) is 6.56. The SMILES string of the molecule is CC(c1cc2ccccc2o1)N(C)C(=O)C1(N)CC1. The van der Waals surface area contributed by atoms with Crippen molar-refractivity contribution in [2.75, 3.05) is 7.05 Å². The number of hydrogen-bond donors (Lipinski definition) is 1. The summed E-state index contributed by atoms with van der Waals surface area (Å²) in [5.41, 5.74) is 6.18. The van der Waals surface area contributed by atoms with Crippen LogP contribution < -0.4 is 5.73 Å². The predicted octanol–water partition coefficient (Wildman–Crippen LogP) is 2.44. The van der Waals surface area contributed by atoms with Crippen molar-refractivity contribution in [3.05, 3.63) is 36.1 Å². The standard InChI is InChI=1S/C15H18N2O2/c1-10(17(2)14(18)15(16)7-8-15)13-9-11-5-3-4-6-12(11)19-13/h3-6,9-10H,7-8,16H2,1-2H3. The average molecular weight is 258 g/mol. The van der Waals surface area contributed by atoms with Crippen LogP contribution in [0.4, 0.5) is 0 Å². The summed E-state index contributed by atoms with van der Waals surface area (Å²) in [7, 11) is 1.78. The third kappa shape index (κ3) is 2.02. The molecule has 2 aromatic rings. The zero-order valence-electron chi connectivity index (χ0n) is 11.2. The Morgan fingerprint density at radius 2 is 2.11 bits per heavy atom. The lowest BCUT2D eigenvalue weighted by Gasteiger charge is -2.26. The zero-order chi connectivity index (χ0) is 13.6. The Hall–Kier alpha value is -1.81. The van der Waals surface area contributed by atoms with Crippen molar-refractivity contribution in [3.63, 3.8) is 0 Å². The van der Waals surface area contributed by atoms with Crippen LogP contribution in [-0.4, -0.2) is 23.4 Å². The number of amides is 1. The molecule has 0 bridgehead atoms. The van der Waals surface area contributed by atoms with Gasteiger partial charge < -0.3 is 15.1 Å². The molecule has 100 valence electrons. The second-order valence-corrected chi connectivity index (χ2v) is 5.43. The number of carbonyl (C=O) groups excluding carboxylic acids is 1. The minimum absolute atomic E-state index is 0.000422. The van der Waals surface area contributed by atoms with Gasteiger partial charge in [-0.25, -0.2) is 0 Å². The molecule has 1 amide bonds. The summed E-state index contributed by atoms with van der Waals surface area (Å²) in [6.07, 6.45) is 1.56. The number of para-hydroxylation sites is 1. The summed E-state index contributed by atoms with van der Waals surface area (Å²) in [6.45, 7) is 1.96. The first kappa shape index (κ1) is 12.2. The number of nitrogens with zero attached hydrogens (tertiary/aromatic N) is 1. The lowest BCUT2D eigenvalue weighted by atomic mass is 10.1. The number of carbonyl (C=O) groups is 1. The molecule has 0 aliphatic heterocycles. The Morgan fingerprint density at radius 3 is 2.74 bits per heavy atom. The van der Waals surface area contributed by atoms with E-state index in [1.54, 1.807) is 11.9 Å². The summed E-state index contributed by atoms with van der Waals surface area (Å²) >= 11 is 0. The van der Waals surface area contributed by atoms with Crippen LogP contribution in [-0.2, 0) is 4.79 Å². The van der Waals surface area contributed by atoms with Crippen LogP contribution in [0.25, 0.3) is 11.0 Å². The molecule has 3 rings (SSSR count). The fraction of sp³-hybridized carbons (Fsp3) is 0.400. The molecule has 0 saturated heterocycles. The molecule has 1 aromatic heterocycles. The smallest absolute Gasteiger partial charge is 0.243 e. The molecule has 1 heterocycles. The normalized spacial score (nSPS) is 18.3. The average Bonchev–Trinajstić information content (AvgIpc) is 3.03. The molecule has 1 atom stereocenters. The number of likely N-dealkylation sites (N-methyl/N-ethyl adjacent to an activating group) is 1. The highest BCUT2D eigenvalue weighted by molar-refractivity contribution is 5.89. The van der Waals surface area contributed by atoms with Gasteiger partial charge in [-0.1, -0.05) is 18.2 Å². The first-order chi connectivity index (χ1) is 9.01. The Balaban J connectivity index is 1.86. The highest BCUT2D eigenvalue weighted by atomic mass is 16.3. The van der Waals surface area contributed by atoms with Crippen molar-refractivity contribution in [1.29, 1.82) is 0 Å². The van der Waals surface area contributed by atoms with Crippen LogP contribution in [0, 0.1) is 0 Å². The van der Waals surface area contributed by atoms with E-state index in [1.165, 1.54) is 0 Å². The molecule has 1 aliphatic rings. The first-order valence-electron chi connectivity index (χ1n) is 6.56. The van der Waals surface area contributed by atoms with E-state index in [9.17, 15) is 4.79 Å². The largest absolute Gasteiger partial charge is 0.459 e. The van der Waals surface area contributed by atoms with Crippen molar-refractivity contribution < 1.29 is 9.21 Å². The van der Waals surface area contributed by atoms with E-state index < -0.39 is 5.54 Å². The predicted molar refractivity (Wildman–Crippen MR) is 73.6 cm³/mol. The minimum atomic E-state index is -0.630. The van der Waals surface area contributed by atoms with Gasteiger partial charge in [-0.05, 0) is 31.9 Å². The second-order valence-electron chi connectivity index (χ2n) is 5.43. The summed E-state index contributed by atoms with van der Waals surface area (Å²) < 4.78 is 5.80. The van der Waals surface area contributed by atoms with Gasteiger partial charge in [-0.15, -0.1) is 0 Å². The van der Waals surface area contributed by atoms with Crippen LogP contribution in [0.15, 0.2) is 34.7 Å². The van der Waals surface area contributed by atoms with Crippen molar-refractivity contribution >= 4 is 16.9 Å². The van der Waals surface area contributed by atoms with Gasteiger partial charge in [-0.2, -0.15) is 0 Å². The lowest BCUT2D eigenvalue weighted by Crippen LogP contribution is -2.44. The maximum Gasteiger partial charge on any atom is 0.243 e. The molecule has 0 radical (unpaired) electrons. The molecule has 1 fully saturated rings. The van der Waals surface area contributed by atoms with Crippen molar-refractivity contribution in [1.82, 2.24) is 4.90 Å². The maximum absolute atomic E-state index is 12.2. The zero-order valence-corrected chi connectivity index (χ0v) is 11.2. The molecule has 19 heavy (non-hydrogen) atoms. The summed E-state index contributed by atoms with van der Waals surface area (Å²) in [6, 6.07) is 9.72. The van der Waals surface area contributed by atoms with Crippen molar-refractivity contribution in [2.24, 2.45) is 5.73 Å². The summed E-state index contributed by atoms with van der Waals surface area (Å²) in [5, 5.41) is 1.05. The Morgan fingerprint density at radius 1 is 1.42 bits per heavy atom. The van der Waals surface area contributed by atoms with Crippen LogP contribution in [0.5, 0.6) is 0 Å². The molecule has 2 N–H and O–H groups in total. The topological polar surface area (TPSA) is 59.5 Å². The summed E-state index contributed by atoms with van der Waals surface area (Å²) in [5.74, 6) is 0.793. The molecular weight excluding hydrogens is 240 g/mol. The van der Waals surface area contributed by atoms with Gasteiger partial charge >= 0.3 is 0 Å². The van der Waals surface area contributed by atoms with Crippen molar-refractivity contribution in [3.8, 4) is 0 Å². The molecule has 1 aromatic carbocycles. The highest BCUT2D eigenvalue weighted by Crippen LogP contribution is 2.36. The monoisotopic (exact) mass is 258 g/mol. The summed E-state index contributed by atoms with van der Waals surface area (Å²) in [4.78, 5) is 13.9. The number of hydrogen-bond acceptors (Lipinski definition) is 3. The van der Waals surface area contributed by atoms with Crippen LogP contribution in [0.3, 0.4) is 0 Å². The Labute approximate surface area is 112 Å². The molecule has 4 nitrogen and oxygen atoms in total. The number of benzene rings is 1. The van der Waals surface area contributed by atoms with Crippen molar-refractivity contribution in [2.45, 2.75) is 31.3 Å². The molecule has 1 saturated carbocycles. The van der Waals surface area contributed by atoms with Crippen LogP contribution >= 0.6 is 0 Å². The minimum Gasteiger partial charge on any atom is -0.459 e. The van der Waals surface area contributed by atoms with Crippen LogP contribution in [0.2, 0.25) is 0 Å². The number of nitrogens with two attached hydrogens (primary N) is 1. The van der Waals surface area contributed by atoms with E-state index in [0.717, 1.165) is 29.6 Å². The number of fused-ring (bicyclic) bond motifs is 1. The van der Waals surface area contributed by atoms with E-state index in [2.05, 4.69) is 0 Å². The number of furan rings is 1. The van der Waals surface area contributed by atoms with Gasteiger partial charge in [0.2, 0.25) is 5.91 Å². The lowest BCUT2D eigenvalue weighted by molar-refractivity contribution is -0.134. The fourth-order valence-corrected chi connectivity index (χ4v) is 2.27. The quantitative estimate of drug-likeness (QED) is 0.919. The molecule has 1 aliphatic carbocycles. The third-order valence-electron chi connectivity index (χ3n) is 3.97. The second kappa shape index (κ2) is 4.10. The number of rotatable bonds is 3. The van der Waals surface area contributed by atoms with Gasteiger partial charge in [0, 0.05) is 12.4 Å². The molecular formula is C15H18N2O2. The highest BCUT2D eigenvalue weighted by Gasteiger charge is 2.48. The van der Waals surface area contributed by atoms with Gasteiger partial charge in [0.15, 0.2) is 0 Å². The van der Waals surface area contributed by atoms with Gasteiger partial charge in [0.25, 0.3) is 0 Å². The van der Waals surface area contributed by atoms with E-state index >= 15 is 0 Å². The Kier molecular flexibility index (Phi) is 2.64. The molecule has 1 unspecified atom stereocenters. The van der Waals surface area contributed by atoms with Gasteiger partial charge in [-0.3, -0.25) is 4.79 Å². The fourth-order valence-electron chi connectivity index (χ4n) is 2.27.